The number of piperidine rings is 1. The number of rotatable bonds is 30. The number of anilines is 2. The van der Waals surface area contributed by atoms with Crippen molar-refractivity contribution in [1.29, 1.82) is 0 Å². The number of hydrogen-bond acceptors (Lipinski definition) is 30. The fourth-order valence-corrected chi connectivity index (χ4v) is 17.5. The lowest BCUT2D eigenvalue weighted by Crippen LogP contribution is -2.61. The van der Waals surface area contributed by atoms with Crippen molar-refractivity contribution in [2.45, 2.75) is 211 Å². The maximum Gasteiger partial charge on any atom is 0.410 e. The zero-order chi connectivity index (χ0) is 89.3. The average Bonchev–Trinajstić information content (AvgIpc) is 1.64. The quantitative estimate of drug-likeness (QED) is 0.0105. The Labute approximate surface area is 731 Å². The van der Waals surface area contributed by atoms with Gasteiger partial charge in [-0.15, -0.1) is 0 Å². The third kappa shape index (κ3) is 26.8. The number of aliphatic hydroxyl groups excluding tert-OH is 3. The Kier molecular flexibility index (Phi) is 36.9. The van der Waals surface area contributed by atoms with Gasteiger partial charge in [0.1, 0.15) is 53.8 Å². The fourth-order valence-electron chi connectivity index (χ4n) is 17.5. The highest BCUT2D eigenvalue weighted by atomic mass is 16.6. The molecule has 0 radical (unpaired) electrons. The van der Waals surface area contributed by atoms with Crippen molar-refractivity contribution in [2.24, 2.45) is 35.3 Å². The second kappa shape index (κ2) is 47.5. The highest BCUT2D eigenvalue weighted by molar-refractivity contribution is 6.39. The van der Waals surface area contributed by atoms with Gasteiger partial charge >= 0.3 is 12.1 Å². The van der Waals surface area contributed by atoms with Crippen LogP contribution in [0.2, 0.25) is 0 Å². The van der Waals surface area contributed by atoms with E-state index in [-0.39, 0.29) is 68.0 Å². The van der Waals surface area contributed by atoms with Gasteiger partial charge in [0.2, 0.25) is 11.7 Å². The molecule has 3 saturated heterocycles. The van der Waals surface area contributed by atoms with Crippen LogP contribution in [0.4, 0.5) is 16.6 Å². The van der Waals surface area contributed by atoms with E-state index >= 15 is 0 Å². The number of nitrogen functional groups attached to an aromatic ring is 2. The van der Waals surface area contributed by atoms with Crippen molar-refractivity contribution in [3.63, 3.8) is 0 Å². The first kappa shape index (κ1) is 97.1. The smallest absolute Gasteiger partial charge is 0.410 e. The van der Waals surface area contributed by atoms with E-state index in [1.165, 1.54) is 11.9 Å². The number of methoxy groups -OCH3 is 2. The van der Waals surface area contributed by atoms with Crippen molar-refractivity contribution < 1.29 is 106 Å². The molecule has 10 N–H and O–H groups in total. The van der Waals surface area contributed by atoms with Crippen molar-refractivity contribution in [3.05, 3.63) is 107 Å². The molecular formula is C91H132N12O22. The highest BCUT2D eigenvalue weighted by Gasteiger charge is 2.53. The van der Waals surface area contributed by atoms with E-state index in [9.17, 15) is 49.2 Å². The number of fused-ring (bicyclic) bond motifs is 6. The molecule has 688 valence electrons. The van der Waals surface area contributed by atoms with Crippen LogP contribution < -0.4 is 17.2 Å². The van der Waals surface area contributed by atoms with Gasteiger partial charge in [0, 0.05) is 109 Å². The molecule has 5 aromatic rings. The number of piperazine rings is 1. The number of aliphatic hydroxyl groups is 4. The minimum atomic E-state index is -2.50. The second-order valence-electron chi connectivity index (χ2n) is 34.2. The Morgan fingerprint density at radius 2 is 1.40 bits per heavy atom. The summed E-state index contributed by atoms with van der Waals surface area (Å²) in [7, 11) is 3.12. The molecule has 1 aliphatic carbocycles. The summed E-state index contributed by atoms with van der Waals surface area (Å²) >= 11 is 0. The number of aromatic nitrogens is 5. The Balaban J connectivity index is 0.539. The number of ketones is 2. The zero-order valence-electron chi connectivity index (χ0n) is 73.8. The summed E-state index contributed by atoms with van der Waals surface area (Å²) in [4.78, 5) is 104. The van der Waals surface area contributed by atoms with Crippen molar-refractivity contribution in [3.8, 4) is 11.3 Å². The standard InChI is InChI=1S/C91H132N12O22/c1-57-14-10-9-11-15-58(2)75(114-7)52-68-22-17-62(6)91(113,125-68)84(109)87(110)102-27-13-12-16-71(102)88(111)122-76(53-72(104)59(3)47-61(5)82(107)83(108)81(106)60(4)46-57)69(92)49-63-19-23-74(77(50-63)115-8)124-90(112)100-31-29-99(30-32-100)33-35-117-37-39-119-41-43-121-45-44-120-42-40-118-38-36-116-34-26-78(105)101-28-25-65-48-64(18-20-67(65)55-101)54-103-86-79(85(93)95-56-96-86)80(98-103)66-21-24-73-70(51-66)97-89(94)123-73/h9-11,14-15,18,20-21,24,47-48,51,56-57,59-60,62-63,68-69,71-72,74-77,82-83,104,107-108,113H,12-13,16-17,19,22-23,25-46,49-50,52-55,92H2,1-8H3,(H2,94,97)(H2,93,95,96)/b11-9?,14-10+,58-15?,61-47+/t57-,59-,60-,62-,63+,68+,69-,71+,72-,74-,75+,76+,77-,82-,83+,91-/m1/s1. The highest BCUT2D eigenvalue weighted by Crippen LogP contribution is 2.39. The number of hydrogen-bond donors (Lipinski definition) is 7. The molecule has 8 heterocycles. The van der Waals surface area contributed by atoms with Crippen molar-refractivity contribution in [2.75, 3.05) is 151 Å². The largest absolute Gasteiger partial charge is 0.459 e. The third-order valence-electron chi connectivity index (χ3n) is 25.1. The van der Waals surface area contributed by atoms with Crippen LogP contribution in [-0.2, 0) is 95.6 Å². The molecule has 0 spiro atoms. The van der Waals surface area contributed by atoms with E-state index in [4.69, 9.17) is 78.8 Å². The molecule has 1 saturated carbocycles. The molecule has 5 aliphatic heterocycles. The Morgan fingerprint density at radius 1 is 0.696 bits per heavy atom. The second-order valence-corrected chi connectivity index (χ2v) is 34.2. The minimum Gasteiger partial charge on any atom is -0.459 e. The van der Waals surface area contributed by atoms with Crippen LogP contribution in [0, 0.1) is 29.6 Å². The van der Waals surface area contributed by atoms with Crippen LogP contribution in [0.25, 0.3) is 33.4 Å². The number of amides is 3. The number of cyclic esters (lactones) is 1. The van der Waals surface area contributed by atoms with Crippen LogP contribution in [-0.4, -0.2) is 306 Å². The molecule has 34 heteroatoms. The van der Waals surface area contributed by atoms with Crippen LogP contribution in [0.1, 0.15) is 142 Å². The van der Waals surface area contributed by atoms with Gasteiger partial charge < -0.3 is 109 Å². The number of esters is 1. The molecule has 2 aromatic carbocycles. The van der Waals surface area contributed by atoms with Gasteiger partial charge in [0.15, 0.2) is 17.0 Å². The van der Waals surface area contributed by atoms with Crippen molar-refractivity contribution >= 4 is 69.4 Å². The van der Waals surface area contributed by atoms with Crippen LogP contribution in [0.5, 0.6) is 0 Å². The number of carbonyl (C=O) groups excluding carboxylic acids is 6. The van der Waals surface area contributed by atoms with Crippen LogP contribution in [0.3, 0.4) is 0 Å². The first-order valence-electron chi connectivity index (χ1n) is 44.4. The van der Waals surface area contributed by atoms with E-state index in [2.05, 4.69) is 38.1 Å². The molecular weight excluding hydrogens is 1610 g/mol. The van der Waals surface area contributed by atoms with E-state index < -0.39 is 114 Å². The summed E-state index contributed by atoms with van der Waals surface area (Å²) in [6, 6.07) is 9.78. The van der Waals surface area contributed by atoms with Crippen LogP contribution in [0.15, 0.2) is 94.7 Å². The van der Waals surface area contributed by atoms with Gasteiger partial charge in [-0.25, -0.2) is 24.2 Å². The maximum absolute atomic E-state index is 14.7. The molecule has 2 bridgehead atoms. The lowest BCUT2D eigenvalue weighted by Gasteiger charge is -2.43. The lowest BCUT2D eigenvalue weighted by molar-refractivity contribution is -0.265. The summed E-state index contributed by atoms with van der Waals surface area (Å²) < 4.78 is 72.1. The first-order chi connectivity index (χ1) is 60.2. The fraction of sp³-hybridized carbons (Fsp3) is 0.648. The van der Waals surface area contributed by atoms with Crippen LogP contribution >= 0.6 is 0 Å². The van der Waals surface area contributed by atoms with Gasteiger partial charge in [0.25, 0.3) is 17.7 Å². The Hall–Kier alpha value is -8.56. The predicted octanol–water partition coefficient (Wildman–Crippen LogP) is 7.01. The summed E-state index contributed by atoms with van der Waals surface area (Å²) in [6.45, 7) is 19.7. The topological polar surface area (TPSA) is 446 Å². The summed E-state index contributed by atoms with van der Waals surface area (Å²) in [5.41, 5.74) is 26.9. The molecule has 4 fully saturated rings. The van der Waals surface area contributed by atoms with E-state index in [0.29, 0.717) is 217 Å². The lowest BCUT2D eigenvalue weighted by atomic mass is 9.80. The molecule has 6 aliphatic rings. The minimum absolute atomic E-state index is 0.0219. The number of nitrogens with zero attached hydrogens (tertiary/aromatic N) is 9. The number of ether oxygens (including phenoxy) is 11. The first-order valence-corrected chi connectivity index (χ1v) is 44.4. The molecule has 16 atom stereocenters. The molecule has 0 unspecified atom stereocenters. The van der Waals surface area contributed by atoms with E-state index in [0.717, 1.165) is 33.6 Å². The summed E-state index contributed by atoms with van der Waals surface area (Å²) in [5.74, 6) is -8.06. The monoisotopic (exact) mass is 1740 g/mol. The zero-order valence-corrected chi connectivity index (χ0v) is 73.8. The number of Topliss-reactive ketones (excluding diaryl/α,β-unsaturated/α-hetero) is 2. The van der Waals surface area contributed by atoms with E-state index in [1.54, 1.807) is 59.0 Å². The number of allylic oxidation sites excluding steroid dienone is 5. The number of carbonyl (C=O) groups is 6. The van der Waals surface area contributed by atoms with Gasteiger partial charge in [-0.05, 0) is 142 Å². The average molecular weight is 1750 g/mol. The predicted molar refractivity (Wildman–Crippen MR) is 464 cm³/mol. The number of nitrogens with two attached hydrogens (primary N) is 3. The molecule has 11 rings (SSSR count). The summed E-state index contributed by atoms with van der Waals surface area (Å²) in [6.07, 6.45) is 9.24. The SMILES string of the molecule is CO[C@H]1C[C@@H]2CC[C@@H](C)[C@@](O)(O2)C(=O)C(=O)N2CCCC[C@H]2C(=O)O[C@H]([C@H](N)C[C@@H]2CC[C@@H](OC(=O)N3CCN(CCOCCOCCOCCOCCOCCOCCC(=O)N4CCc5cc(Cn6nc(-c7ccc8oc(N)nc8c7)c7c(N)ncnc76)ccc5C4)CC3)[C@H](OC)C2)C[C@@H](O)[C@H](C)/C=C(\C)[C@@H](O)[C@@H](O)C(=O)[C@H](C)C[C@H](C)/C=C/C=CC=C1C. The third-order valence-corrected chi connectivity index (χ3v) is 25.1. The number of oxazole rings is 1. The molecule has 3 amide bonds. The Morgan fingerprint density at radius 3 is 2.10 bits per heavy atom. The maximum atomic E-state index is 14.7. The summed E-state index contributed by atoms with van der Waals surface area (Å²) in [5, 5.41) is 52.3. The van der Waals surface area contributed by atoms with Gasteiger partial charge in [-0.1, -0.05) is 82.4 Å². The Bertz CT molecular complexity index is 4490. The van der Waals surface area contributed by atoms with Crippen molar-refractivity contribution in [1.82, 2.24) is 44.3 Å². The molecule has 3 aromatic heterocycles. The molecule has 34 nitrogen and oxygen atoms in total. The normalized spacial score (nSPS) is 28.1. The van der Waals surface area contributed by atoms with Gasteiger partial charge in [-0.3, -0.25) is 24.1 Å². The van der Waals surface area contributed by atoms with Gasteiger partial charge in [0.05, 0.1) is 122 Å². The van der Waals surface area contributed by atoms with E-state index in [1.807, 2.05) is 65.9 Å². The number of benzene rings is 2. The van der Waals surface area contributed by atoms with Gasteiger partial charge in [-0.2, -0.15) is 10.1 Å². The molecule has 125 heavy (non-hydrogen) atoms.